The predicted octanol–water partition coefficient (Wildman–Crippen LogP) is 6.66. The van der Waals surface area contributed by atoms with Crippen molar-refractivity contribution < 1.29 is 28.2 Å². The highest BCUT2D eigenvalue weighted by molar-refractivity contribution is 7.40. The maximum atomic E-state index is 11.5. The van der Waals surface area contributed by atoms with Crippen LogP contribution in [0.5, 0.6) is 5.75 Å². The van der Waals surface area contributed by atoms with Gasteiger partial charge in [0.1, 0.15) is 11.9 Å². The quantitative estimate of drug-likeness (QED) is 0.0968. The molecule has 2 atom stereocenters. The van der Waals surface area contributed by atoms with Crippen molar-refractivity contribution in [1.29, 1.82) is 0 Å². The number of esters is 1. The molecule has 8 heteroatoms. The van der Waals surface area contributed by atoms with Crippen LogP contribution in [0.4, 0.5) is 0 Å². The summed E-state index contributed by atoms with van der Waals surface area (Å²) >= 11 is 0. The lowest BCUT2D eigenvalue weighted by molar-refractivity contribution is -0.147. The molecule has 2 unspecified atom stereocenters. The minimum absolute atomic E-state index is 0.0758. The molecule has 1 aromatic rings. The van der Waals surface area contributed by atoms with Gasteiger partial charge >= 0.3 is 14.6 Å². The molecule has 0 amide bonds. The van der Waals surface area contributed by atoms with Crippen molar-refractivity contribution in [3.63, 3.8) is 0 Å². The number of carbonyl (C=O) groups excluding carboxylic acids is 1. The summed E-state index contributed by atoms with van der Waals surface area (Å²) in [6, 6.07) is 7.85. The minimum atomic E-state index is -2.00. The molecule has 0 aliphatic rings. The highest BCUT2D eigenvalue weighted by Gasteiger charge is 2.17. The van der Waals surface area contributed by atoms with Crippen LogP contribution in [0.25, 0.3) is 0 Å². The largest absolute Gasteiger partial charge is 0.494 e. The molecule has 0 aliphatic heterocycles. The lowest BCUT2D eigenvalue weighted by Crippen LogP contribution is -2.24. The van der Waals surface area contributed by atoms with E-state index in [4.69, 9.17) is 18.5 Å². The average molecular weight is 528 g/mol. The van der Waals surface area contributed by atoms with Gasteiger partial charge < -0.3 is 28.3 Å². The lowest BCUT2D eigenvalue weighted by atomic mass is 10.1. The van der Waals surface area contributed by atoms with Gasteiger partial charge in [-0.1, -0.05) is 76.8 Å². The van der Waals surface area contributed by atoms with Crippen molar-refractivity contribution in [1.82, 2.24) is 4.90 Å². The van der Waals surface area contributed by atoms with Crippen molar-refractivity contribution in [2.45, 2.75) is 97.0 Å². The zero-order valence-electron chi connectivity index (χ0n) is 23.1. The van der Waals surface area contributed by atoms with Crippen LogP contribution in [-0.4, -0.2) is 62.3 Å². The van der Waals surface area contributed by atoms with Crippen molar-refractivity contribution in [2.24, 2.45) is 0 Å². The predicted molar refractivity (Wildman–Crippen MR) is 147 cm³/mol. The summed E-state index contributed by atoms with van der Waals surface area (Å²) in [7, 11) is 1.97. The molecule has 0 saturated heterocycles. The molecule has 1 N–H and O–H groups in total. The second-order valence-corrected chi connectivity index (χ2v) is 10.6. The molecule has 0 fully saturated rings. The van der Waals surface area contributed by atoms with Crippen LogP contribution in [0.15, 0.2) is 24.3 Å². The summed E-state index contributed by atoms with van der Waals surface area (Å²) in [5.41, 5.74) is 1.00. The van der Waals surface area contributed by atoms with E-state index >= 15 is 0 Å². The third kappa shape index (κ3) is 18.9. The second kappa shape index (κ2) is 21.8. The van der Waals surface area contributed by atoms with Gasteiger partial charge in [0.05, 0.1) is 19.8 Å². The number of nitrogens with zero attached hydrogens (tertiary/aromatic N) is 1. The second-order valence-electron chi connectivity index (χ2n) is 9.63. The number of hydrogen-bond donors (Lipinski definition) is 1. The highest BCUT2D eigenvalue weighted by atomic mass is 31.2. The molecule has 0 aromatic heterocycles. The zero-order valence-corrected chi connectivity index (χ0v) is 24.0. The molecular formula is C28H50NO6P. The smallest absolute Gasteiger partial charge is 0.329 e. The fraction of sp³-hybridized carbons (Fsp3) is 0.750. The molecule has 36 heavy (non-hydrogen) atoms. The maximum absolute atomic E-state index is 11.5. The monoisotopic (exact) mass is 527 g/mol. The summed E-state index contributed by atoms with van der Waals surface area (Å²) < 4.78 is 22.0. The van der Waals surface area contributed by atoms with Crippen molar-refractivity contribution in [3.8, 4) is 5.75 Å². The van der Waals surface area contributed by atoms with Gasteiger partial charge in [-0.25, -0.2) is 0 Å². The summed E-state index contributed by atoms with van der Waals surface area (Å²) in [5, 5.41) is 0. The fourth-order valence-corrected chi connectivity index (χ4v) is 4.49. The van der Waals surface area contributed by atoms with E-state index in [0.29, 0.717) is 13.0 Å². The lowest BCUT2D eigenvalue weighted by Gasteiger charge is -2.19. The van der Waals surface area contributed by atoms with Gasteiger partial charge in [0.25, 0.3) is 0 Å². The van der Waals surface area contributed by atoms with Crippen molar-refractivity contribution >= 4 is 14.6 Å². The highest BCUT2D eigenvalue weighted by Crippen LogP contribution is 2.33. The third-order valence-electron chi connectivity index (χ3n) is 5.81. The van der Waals surface area contributed by atoms with Gasteiger partial charge in [-0.15, -0.1) is 0 Å². The molecule has 0 spiro atoms. The topological polar surface area (TPSA) is 77.5 Å². The standard InChI is InChI=1S/C28H50NO6P/c1-5-6-7-8-9-10-11-12-13-14-21-32-27-18-16-26(17-19-27)23-28(35-25(2)30)24-34-36(31)33-22-15-20-29(3)4/h16-19,28,31H,5-15,20-24H2,1-4H3. The Morgan fingerprint density at radius 1 is 0.889 bits per heavy atom. The Morgan fingerprint density at radius 3 is 2.08 bits per heavy atom. The number of rotatable bonds is 23. The van der Waals surface area contributed by atoms with Gasteiger partial charge in [0, 0.05) is 13.3 Å². The van der Waals surface area contributed by atoms with E-state index in [9.17, 15) is 9.69 Å². The van der Waals surface area contributed by atoms with Gasteiger partial charge in [0.2, 0.25) is 0 Å². The van der Waals surface area contributed by atoms with Crippen LogP contribution in [-0.2, 0) is 25.0 Å². The van der Waals surface area contributed by atoms with Crippen LogP contribution in [0.1, 0.15) is 90.0 Å². The minimum Gasteiger partial charge on any atom is -0.494 e. The summed E-state index contributed by atoms with van der Waals surface area (Å²) in [6.07, 6.45) is 13.9. The van der Waals surface area contributed by atoms with Crippen LogP contribution >= 0.6 is 8.60 Å². The maximum Gasteiger partial charge on any atom is 0.329 e. The Labute approximate surface area is 220 Å². The molecule has 0 aliphatic carbocycles. The normalized spacial score (nSPS) is 13.1. The molecular weight excluding hydrogens is 477 g/mol. The van der Waals surface area contributed by atoms with E-state index < -0.39 is 14.7 Å². The van der Waals surface area contributed by atoms with Gasteiger partial charge in [-0.05, 0) is 51.2 Å². The molecule has 0 saturated carbocycles. The van der Waals surface area contributed by atoms with Crippen molar-refractivity contribution in [2.75, 3.05) is 40.5 Å². The number of carbonyl (C=O) groups is 1. The number of benzene rings is 1. The molecule has 7 nitrogen and oxygen atoms in total. The molecule has 208 valence electrons. The molecule has 1 aromatic carbocycles. The Kier molecular flexibility index (Phi) is 19.9. The van der Waals surface area contributed by atoms with E-state index in [1.807, 2.05) is 38.4 Å². The first-order valence-electron chi connectivity index (χ1n) is 13.7. The Morgan fingerprint density at radius 2 is 1.50 bits per heavy atom. The molecule has 0 heterocycles. The Balaban J connectivity index is 2.25. The third-order valence-corrected chi connectivity index (χ3v) is 6.58. The van der Waals surface area contributed by atoms with Crippen LogP contribution in [0, 0.1) is 0 Å². The molecule has 0 bridgehead atoms. The zero-order chi connectivity index (χ0) is 26.4. The van der Waals surface area contributed by atoms with Crippen LogP contribution in [0.2, 0.25) is 0 Å². The van der Waals surface area contributed by atoms with E-state index in [1.165, 1.54) is 64.7 Å². The average Bonchev–Trinajstić information content (AvgIpc) is 2.84. The van der Waals surface area contributed by atoms with Gasteiger partial charge in [0.15, 0.2) is 0 Å². The SMILES string of the molecule is CCCCCCCCCCCCOc1ccc(CC(COP(O)OCCCN(C)C)OC(C)=O)cc1. The summed E-state index contributed by atoms with van der Waals surface area (Å²) in [6.45, 7) is 5.73. The Hall–Kier alpha value is -1.24. The van der Waals surface area contributed by atoms with E-state index in [2.05, 4.69) is 11.8 Å². The van der Waals surface area contributed by atoms with Crippen LogP contribution in [0.3, 0.4) is 0 Å². The number of unbranched alkanes of at least 4 members (excludes halogenated alkanes) is 9. The van der Waals surface area contributed by atoms with Crippen LogP contribution < -0.4 is 4.74 Å². The van der Waals surface area contributed by atoms with E-state index in [-0.39, 0.29) is 12.6 Å². The number of ether oxygens (including phenoxy) is 2. The molecule has 1 rings (SSSR count). The Bertz CT molecular complexity index is 658. The summed E-state index contributed by atoms with van der Waals surface area (Å²) in [4.78, 5) is 23.5. The van der Waals surface area contributed by atoms with E-state index in [1.54, 1.807) is 0 Å². The van der Waals surface area contributed by atoms with E-state index in [0.717, 1.165) is 37.3 Å². The van der Waals surface area contributed by atoms with Gasteiger partial charge in [-0.3, -0.25) is 4.79 Å². The molecule has 0 radical (unpaired) electrons. The fourth-order valence-electron chi connectivity index (χ4n) is 3.84. The first-order valence-corrected chi connectivity index (χ1v) is 14.8. The first-order chi connectivity index (χ1) is 17.4. The first kappa shape index (κ1) is 32.8. The van der Waals surface area contributed by atoms with Gasteiger partial charge in [-0.2, -0.15) is 0 Å². The van der Waals surface area contributed by atoms with Crippen molar-refractivity contribution in [3.05, 3.63) is 29.8 Å². The summed E-state index contributed by atoms with van der Waals surface area (Å²) in [5.74, 6) is 0.467. The number of hydrogen-bond acceptors (Lipinski definition) is 7.